The van der Waals surface area contributed by atoms with Crippen LogP contribution in [0.2, 0.25) is 4.34 Å². The lowest BCUT2D eigenvalue weighted by Crippen LogP contribution is -2.52. The second-order valence-electron chi connectivity index (χ2n) is 15.0. The number of rotatable bonds is 12. The van der Waals surface area contributed by atoms with E-state index in [1.807, 2.05) is 95.6 Å². The van der Waals surface area contributed by atoms with Gasteiger partial charge in [0.1, 0.15) is 16.7 Å². The van der Waals surface area contributed by atoms with Gasteiger partial charge < -0.3 is 24.1 Å². The molecule has 3 saturated carbocycles. The molecule has 0 radical (unpaired) electrons. The van der Waals surface area contributed by atoms with Gasteiger partial charge in [0, 0.05) is 12.2 Å². The molecule has 0 aliphatic heterocycles. The van der Waals surface area contributed by atoms with Crippen molar-refractivity contribution in [1.82, 2.24) is 24.5 Å². The number of benzene rings is 3. The highest BCUT2D eigenvalue weighted by Gasteiger charge is 2.49. The minimum absolute atomic E-state index is 0.0175. The average Bonchev–Trinajstić information content (AvgIpc) is 3.89. The maximum Gasteiger partial charge on any atom is 0.511 e. The fourth-order valence-electron chi connectivity index (χ4n) is 9.16. The minimum atomic E-state index is -1.08. The molecule has 3 fully saturated rings. The first-order valence-corrected chi connectivity index (χ1v) is 21.2. The number of ether oxygens (including phenoxy) is 3. The van der Waals surface area contributed by atoms with E-state index in [4.69, 9.17) is 35.8 Å². The van der Waals surface area contributed by atoms with E-state index < -0.39 is 48.2 Å². The predicted octanol–water partition coefficient (Wildman–Crippen LogP) is 10.3. The Labute approximate surface area is 358 Å². The van der Waals surface area contributed by atoms with Crippen LogP contribution in [0.1, 0.15) is 49.3 Å². The van der Waals surface area contributed by atoms with E-state index in [1.54, 1.807) is 25.3 Å². The van der Waals surface area contributed by atoms with Crippen molar-refractivity contribution in [3.63, 3.8) is 0 Å². The first-order chi connectivity index (χ1) is 29.8. The Morgan fingerprint density at radius 1 is 0.820 bits per heavy atom. The summed E-state index contributed by atoms with van der Waals surface area (Å²) < 4.78 is 50.0. The monoisotopic (exact) mass is 860 g/mol. The first kappa shape index (κ1) is 40.2. The van der Waals surface area contributed by atoms with Crippen LogP contribution in [0.3, 0.4) is 0 Å². The summed E-state index contributed by atoms with van der Waals surface area (Å²) >= 11 is 7.54. The molecule has 15 heteroatoms. The third-order valence-electron chi connectivity index (χ3n) is 11.7. The SMILES string of the molecule is CCOC(=O)OCOC(=O)[C@@H]1C2CCC(CC2)[C@H]1Nc1nc(-c2cn(C(c3ccccc3)(c3ccccc3)c3ccccc3)c3ncc(F)nc23)nc(-c2ccc(Cl)s2)c1F. The number of carbonyl (C=O) groups excluding carboxylic acids is 2. The van der Waals surface area contributed by atoms with Gasteiger partial charge in [0.25, 0.3) is 0 Å². The number of hydrogen-bond donors (Lipinski definition) is 1. The molecule has 10 rings (SSSR count). The lowest BCUT2D eigenvalue weighted by Gasteiger charge is -2.47. The fourth-order valence-corrected chi connectivity index (χ4v) is 10.2. The molecule has 1 N–H and O–H groups in total. The molecule has 3 aromatic carbocycles. The van der Waals surface area contributed by atoms with Gasteiger partial charge in [-0.2, -0.15) is 4.39 Å². The molecule has 4 aromatic heterocycles. The lowest BCUT2D eigenvalue weighted by molar-refractivity contribution is -0.164. The Morgan fingerprint density at radius 3 is 2.03 bits per heavy atom. The van der Waals surface area contributed by atoms with E-state index in [9.17, 15) is 9.59 Å². The van der Waals surface area contributed by atoms with Crippen LogP contribution < -0.4 is 5.32 Å². The van der Waals surface area contributed by atoms with Crippen LogP contribution >= 0.6 is 22.9 Å². The van der Waals surface area contributed by atoms with E-state index in [-0.39, 0.29) is 41.3 Å². The molecule has 2 bridgehead atoms. The summed E-state index contributed by atoms with van der Waals surface area (Å²) in [5.41, 5.74) is 2.30. The molecule has 7 aromatic rings. The maximum absolute atomic E-state index is 17.1. The van der Waals surface area contributed by atoms with E-state index >= 15 is 8.78 Å². The molecular formula is C46H39ClF2N6O5S. The summed E-state index contributed by atoms with van der Waals surface area (Å²) in [6.45, 7) is 1.12. The van der Waals surface area contributed by atoms with Crippen molar-refractivity contribution in [2.45, 2.75) is 44.2 Å². The molecule has 2 atom stereocenters. The summed E-state index contributed by atoms with van der Waals surface area (Å²) in [6, 6.07) is 32.5. The summed E-state index contributed by atoms with van der Waals surface area (Å²) in [5.74, 6) is -3.05. The van der Waals surface area contributed by atoms with Gasteiger partial charge >= 0.3 is 12.1 Å². The number of halogens is 3. The van der Waals surface area contributed by atoms with Crippen LogP contribution in [0.25, 0.3) is 33.1 Å². The van der Waals surface area contributed by atoms with Crippen molar-refractivity contribution in [1.29, 1.82) is 0 Å². The molecule has 0 amide bonds. The highest BCUT2D eigenvalue weighted by Crippen LogP contribution is 2.48. The van der Waals surface area contributed by atoms with Crippen LogP contribution in [0, 0.1) is 29.5 Å². The molecule has 310 valence electrons. The normalized spacial score (nSPS) is 18.5. The van der Waals surface area contributed by atoms with Crippen molar-refractivity contribution in [2.75, 3.05) is 18.7 Å². The van der Waals surface area contributed by atoms with E-state index in [2.05, 4.69) is 15.3 Å². The van der Waals surface area contributed by atoms with Crippen molar-refractivity contribution in [3.8, 4) is 22.0 Å². The van der Waals surface area contributed by atoms with Gasteiger partial charge in [0.05, 0.1) is 33.5 Å². The number of aromatic nitrogens is 5. The van der Waals surface area contributed by atoms with Gasteiger partial charge in [-0.1, -0.05) is 103 Å². The van der Waals surface area contributed by atoms with Crippen LogP contribution in [-0.4, -0.2) is 56.1 Å². The Morgan fingerprint density at radius 2 is 1.44 bits per heavy atom. The zero-order valence-electron chi connectivity index (χ0n) is 32.8. The molecule has 0 unspecified atom stereocenters. The molecule has 61 heavy (non-hydrogen) atoms. The number of anilines is 1. The molecule has 4 heterocycles. The number of nitrogens with zero attached hydrogens (tertiary/aromatic N) is 5. The molecule has 0 spiro atoms. The smallest absolute Gasteiger partial charge is 0.435 e. The maximum atomic E-state index is 17.1. The zero-order valence-corrected chi connectivity index (χ0v) is 34.4. The molecule has 3 aliphatic carbocycles. The quantitative estimate of drug-likeness (QED) is 0.0720. The minimum Gasteiger partial charge on any atom is -0.435 e. The third-order valence-corrected chi connectivity index (χ3v) is 13.0. The molecule has 3 aliphatic rings. The standard InChI is InChI=1S/C46H39ClF2N6O5S/c1-2-58-45(57)60-26-59-44(56)36-27-18-20-28(21-19-27)38(36)52-42-37(49)40(33-22-23-34(47)61-33)53-41(54-42)32-25-55(43-39(32)51-35(48)24-50-43)46(29-12-6-3-7-13-29,30-14-8-4-9-15-30)31-16-10-5-11-17-31/h3-17,22-25,27-28,36,38H,2,18-21,26H2,1H3,(H,52,53,54)/t27?,28?,36-,38-/m1/s1. The van der Waals surface area contributed by atoms with Gasteiger partial charge in [0.15, 0.2) is 23.1 Å². The number of fused-ring (bicyclic) bond motifs is 4. The van der Waals surface area contributed by atoms with Crippen LogP contribution in [0.5, 0.6) is 0 Å². The topological polar surface area (TPSA) is 130 Å². The van der Waals surface area contributed by atoms with Crippen LogP contribution in [0.4, 0.5) is 19.4 Å². The Balaban J connectivity index is 1.22. The summed E-state index contributed by atoms with van der Waals surface area (Å²) in [6.07, 6.45) is 5.10. The number of carbonyl (C=O) groups is 2. The highest BCUT2D eigenvalue weighted by molar-refractivity contribution is 7.19. The van der Waals surface area contributed by atoms with Crippen molar-refractivity contribution in [3.05, 3.63) is 148 Å². The second-order valence-corrected chi connectivity index (χ2v) is 16.7. The van der Waals surface area contributed by atoms with E-state index in [0.717, 1.165) is 59.9 Å². The Bertz CT molecular complexity index is 2600. The fraction of sp³-hybridized carbons (Fsp3) is 0.261. The van der Waals surface area contributed by atoms with Crippen molar-refractivity contribution >= 4 is 52.0 Å². The third kappa shape index (κ3) is 7.48. The Hall–Kier alpha value is -6.25. The lowest BCUT2D eigenvalue weighted by atomic mass is 9.61. The van der Waals surface area contributed by atoms with Crippen molar-refractivity contribution in [2.24, 2.45) is 17.8 Å². The summed E-state index contributed by atoms with van der Waals surface area (Å²) in [7, 11) is 0. The Kier molecular flexibility index (Phi) is 11.2. The van der Waals surface area contributed by atoms with Crippen LogP contribution in [0.15, 0.2) is 116 Å². The highest BCUT2D eigenvalue weighted by atomic mass is 35.5. The summed E-state index contributed by atoms with van der Waals surface area (Å²) in [5, 5.41) is 3.33. The number of hydrogen-bond acceptors (Lipinski definition) is 11. The number of nitrogens with one attached hydrogen (secondary N) is 1. The van der Waals surface area contributed by atoms with Gasteiger partial charge in [0.2, 0.25) is 12.7 Å². The second kappa shape index (κ2) is 17.0. The van der Waals surface area contributed by atoms with Gasteiger partial charge in [-0.25, -0.2) is 29.1 Å². The molecular weight excluding hydrogens is 822 g/mol. The van der Waals surface area contributed by atoms with E-state index in [1.165, 1.54) is 0 Å². The van der Waals surface area contributed by atoms with Gasteiger partial charge in [-0.15, -0.1) is 11.3 Å². The van der Waals surface area contributed by atoms with Crippen LogP contribution in [-0.2, 0) is 24.5 Å². The molecule has 11 nitrogen and oxygen atoms in total. The summed E-state index contributed by atoms with van der Waals surface area (Å²) in [4.78, 5) is 44.7. The average molecular weight is 861 g/mol. The predicted molar refractivity (Wildman–Crippen MR) is 227 cm³/mol. The zero-order chi connectivity index (χ0) is 42.1. The molecule has 0 saturated heterocycles. The van der Waals surface area contributed by atoms with E-state index in [0.29, 0.717) is 20.4 Å². The van der Waals surface area contributed by atoms with Gasteiger partial charge in [-0.3, -0.25) is 4.79 Å². The number of thiophene rings is 1. The first-order valence-electron chi connectivity index (χ1n) is 20.0. The van der Waals surface area contributed by atoms with Crippen molar-refractivity contribution < 1.29 is 32.6 Å². The van der Waals surface area contributed by atoms with Gasteiger partial charge in [-0.05, 0) is 73.3 Å². The largest absolute Gasteiger partial charge is 0.511 e. The number of esters is 1.